The average molecular weight is 146 g/mol. The highest BCUT2D eigenvalue weighted by atomic mass is 16.5. The molecule has 1 nitrogen and oxygen atoms in total. The molecular formula is C10H10O. The summed E-state index contributed by atoms with van der Waals surface area (Å²) in [4.78, 5) is 0. The van der Waals surface area contributed by atoms with E-state index in [1.54, 1.807) is 7.11 Å². The Morgan fingerprint density at radius 2 is 2.00 bits per heavy atom. The molecule has 1 heteroatoms. The van der Waals surface area contributed by atoms with Crippen LogP contribution >= 0.6 is 0 Å². The van der Waals surface area contributed by atoms with E-state index in [0.717, 1.165) is 0 Å². The van der Waals surface area contributed by atoms with Crippen molar-refractivity contribution < 1.29 is 4.74 Å². The minimum atomic E-state index is 0.709. The third kappa shape index (κ3) is 1.08. The van der Waals surface area contributed by atoms with E-state index >= 15 is 0 Å². The smallest absolute Gasteiger partial charge is 0.0713 e. The van der Waals surface area contributed by atoms with Gasteiger partial charge in [0.05, 0.1) is 6.61 Å². The fourth-order valence-electron chi connectivity index (χ4n) is 1.26. The highest BCUT2D eigenvalue weighted by molar-refractivity contribution is 5.68. The van der Waals surface area contributed by atoms with Gasteiger partial charge in [-0.1, -0.05) is 24.3 Å². The average Bonchev–Trinajstić information content (AvgIpc) is 1.96. The van der Waals surface area contributed by atoms with Crippen molar-refractivity contribution in [2.45, 2.75) is 6.61 Å². The second-order valence-electron chi connectivity index (χ2n) is 2.73. The van der Waals surface area contributed by atoms with Crippen LogP contribution in [0.1, 0.15) is 5.56 Å². The molecule has 0 bridgehead atoms. The van der Waals surface area contributed by atoms with Crippen LogP contribution in [0.4, 0.5) is 0 Å². The minimum Gasteiger partial charge on any atom is -0.380 e. The second-order valence-corrected chi connectivity index (χ2v) is 2.73. The van der Waals surface area contributed by atoms with Gasteiger partial charge in [-0.25, -0.2) is 0 Å². The molecule has 0 spiro atoms. The van der Waals surface area contributed by atoms with E-state index in [4.69, 9.17) is 4.74 Å². The molecule has 0 unspecified atom stereocenters. The molecule has 0 atom stereocenters. The number of hydrogen-bond donors (Lipinski definition) is 0. The molecule has 0 fully saturated rings. The van der Waals surface area contributed by atoms with Crippen LogP contribution in [-0.4, -0.2) is 7.11 Å². The van der Waals surface area contributed by atoms with Gasteiger partial charge in [-0.3, -0.25) is 0 Å². The summed E-state index contributed by atoms with van der Waals surface area (Å²) in [6.45, 7) is 0.709. The predicted octanol–water partition coefficient (Wildman–Crippen LogP) is 0.408. The van der Waals surface area contributed by atoms with E-state index in [1.165, 1.54) is 16.0 Å². The van der Waals surface area contributed by atoms with E-state index in [9.17, 15) is 0 Å². The summed E-state index contributed by atoms with van der Waals surface area (Å²) in [5, 5.41) is 2.67. The van der Waals surface area contributed by atoms with Gasteiger partial charge < -0.3 is 4.74 Å². The van der Waals surface area contributed by atoms with E-state index < -0.39 is 0 Å². The topological polar surface area (TPSA) is 9.23 Å². The van der Waals surface area contributed by atoms with Gasteiger partial charge in [0.15, 0.2) is 0 Å². The highest BCUT2D eigenvalue weighted by Gasteiger charge is 1.95. The first-order chi connectivity index (χ1) is 5.40. The fourth-order valence-corrected chi connectivity index (χ4v) is 1.26. The van der Waals surface area contributed by atoms with Gasteiger partial charge in [0.1, 0.15) is 0 Å². The van der Waals surface area contributed by atoms with E-state index in [0.29, 0.717) is 6.61 Å². The van der Waals surface area contributed by atoms with Gasteiger partial charge >= 0.3 is 0 Å². The highest BCUT2D eigenvalue weighted by Crippen LogP contribution is 1.95. The summed E-state index contributed by atoms with van der Waals surface area (Å²) in [5.74, 6) is 0. The molecule has 1 aromatic carbocycles. The lowest BCUT2D eigenvalue weighted by Crippen LogP contribution is -2.30. The van der Waals surface area contributed by atoms with Crippen LogP contribution in [0.2, 0.25) is 0 Å². The molecular weight excluding hydrogens is 136 g/mol. The van der Waals surface area contributed by atoms with Crippen LogP contribution in [-0.2, 0) is 11.3 Å². The molecule has 0 heterocycles. The number of benzene rings is 1. The van der Waals surface area contributed by atoms with Crippen LogP contribution in [0.25, 0.3) is 12.2 Å². The molecule has 11 heavy (non-hydrogen) atoms. The summed E-state index contributed by atoms with van der Waals surface area (Å²) in [7, 11) is 1.72. The third-order valence-electron chi connectivity index (χ3n) is 1.90. The minimum absolute atomic E-state index is 0.709. The van der Waals surface area contributed by atoms with Crippen molar-refractivity contribution in [1.82, 2.24) is 0 Å². The monoisotopic (exact) mass is 146 g/mol. The van der Waals surface area contributed by atoms with E-state index in [2.05, 4.69) is 30.4 Å². The second kappa shape index (κ2) is 2.51. The van der Waals surface area contributed by atoms with Crippen molar-refractivity contribution in [2.24, 2.45) is 0 Å². The van der Waals surface area contributed by atoms with Crippen molar-refractivity contribution in [2.75, 3.05) is 7.11 Å². The molecule has 0 radical (unpaired) electrons. The fraction of sp³-hybridized carbons (Fsp3) is 0.200. The molecule has 0 aliphatic heterocycles. The summed E-state index contributed by atoms with van der Waals surface area (Å²) in [6.07, 6.45) is 4.24. The number of methoxy groups -OCH3 is 1. The van der Waals surface area contributed by atoms with Gasteiger partial charge in [-0.15, -0.1) is 0 Å². The summed E-state index contributed by atoms with van der Waals surface area (Å²) in [6, 6.07) is 6.40. The molecule has 56 valence electrons. The first-order valence-corrected chi connectivity index (χ1v) is 3.70. The maximum Gasteiger partial charge on any atom is 0.0713 e. The molecule has 1 aliphatic rings. The number of hydrogen-bond acceptors (Lipinski definition) is 1. The molecule has 0 saturated carbocycles. The van der Waals surface area contributed by atoms with Crippen LogP contribution in [0.5, 0.6) is 0 Å². The van der Waals surface area contributed by atoms with Crippen molar-refractivity contribution in [3.05, 3.63) is 34.2 Å². The Hall–Kier alpha value is -1.08. The molecule has 1 aromatic rings. The molecule has 0 saturated heterocycles. The first kappa shape index (κ1) is 6.62. The number of ether oxygens (including phenoxy) is 1. The maximum absolute atomic E-state index is 5.02. The van der Waals surface area contributed by atoms with Gasteiger partial charge in [-0.2, -0.15) is 0 Å². The zero-order valence-corrected chi connectivity index (χ0v) is 6.50. The van der Waals surface area contributed by atoms with Crippen LogP contribution in [0, 0.1) is 0 Å². The van der Waals surface area contributed by atoms with Crippen molar-refractivity contribution in [3.8, 4) is 0 Å². The van der Waals surface area contributed by atoms with Crippen molar-refractivity contribution >= 4 is 12.2 Å². The zero-order valence-electron chi connectivity index (χ0n) is 6.50. The SMILES string of the molecule is COCc1ccc2c(c1)=CC=2. The molecule has 2 rings (SSSR count). The lowest BCUT2D eigenvalue weighted by molar-refractivity contribution is 0.185. The van der Waals surface area contributed by atoms with E-state index in [1.807, 2.05) is 0 Å². The van der Waals surface area contributed by atoms with Crippen LogP contribution < -0.4 is 10.4 Å². The molecule has 0 amide bonds. The molecule has 1 aliphatic carbocycles. The lowest BCUT2D eigenvalue weighted by atomic mass is 10.1. The normalized spacial score (nSPS) is 12.5. The van der Waals surface area contributed by atoms with Crippen molar-refractivity contribution in [3.63, 3.8) is 0 Å². The maximum atomic E-state index is 5.02. The lowest BCUT2D eigenvalue weighted by Gasteiger charge is -2.02. The first-order valence-electron chi connectivity index (χ1n) is 3.70. The van der Waals surface area contributed by atoms with Gasteiger partial charge in [0.2, 0.25) is 0 Å². The molecule has 0 aromatic heterocycles. The van der Waals surface area contributed by atoms with Crippen LogP contribution in [0.3, 0.4) is 0 Å². The van der Waals surface area contributed by atoms with Gasteiger partial charge in [0.25, 0.3) is 0 Å². The van der Waals surface area contributed by atoms with Gasteiger partial charge in [-0.05, 0) is 22.1 Å². The molecule has 0 N–H and O–H groups in total. The summed E-state index contributed by atoms with van der Waals surface area (Å²) in [5.41, 5.74) is 1.25. The Kier molecular flexibility index (Phi) is 1.51. The quantitative estimate of drug-likeness (QED) is 0.587. The zero-order chi connectivity index (χ0) is 7.68. The Labute approximate surface area is 65.6 Å². The number of rotatable bonds is 2. The van der Waals surface area contributed by atoms with E-state index in [-0.39, 0.29) is 0 Å². The Bertz CT molecular complexity index is 376. The van der Waals surface area contributed by atoms with Gasteiger partial charge in [0, 0.05) is 7.11 Å². The predicted molar refractivity (Wildman–Crippen MR) is 45.3 cm³/mol. The van der Waals surface area contributed by atoms with Crippen LogP contribution in [0.15, 0.2) is 18.2 Å². The summed E-state index contributed by atoms with van der Waals surface area (Å²) < 4.78 is 5.02. The Morgan fingerprint density at radius 3 is 2.55 bits per heavy atom. The largest absolute Gasteiger partial charge is 0.380 e. The van der Waals surface area contributed by atoms with Crippen molar-refractivity contribution in [1.29, 1.82) is 0 Å². The number of fused-ring (bicyclic) bond motifs is 1. The summed E-state index contributed by atoms with van der Waals surface area (Å²) >= 11 is 0. The standard InChI is InChI=1S/C10H10O/c1-11-7-8-2-3-9-4-5-10(9)6-8/h2-6H,7H2,1H3. The Morgan fingerprint density at radius 1 is 1.18 bits per heavy atom. The third-order valence-corrected chi connectivity index (χ3v) is 1.90. The Balaban J connectivity index is 2.41.